The molecular formula is C15H24N3O4P. The second kappa shape index (κ2) is 8.55. The minimum atomic E-state index is -3.83. The molecule has 2 atom stereocenters. The maximum absolute atomic E-state index is 12.5. The average molecular weight is 341 g/mol. The van der Waals surface area contributed by atoms with Gasteiger partial charge in [-0.3, -0.25) is 19.2 Å². The molecule has 1 aliphatic rings. The van der Waals surface area contributed by atoms with Crippen LogP contribution in [0.3, 0.4) is 0 Å². The number of pyridine rings is 1. The van der Waals surface area contributed by atoms with Gasteiger partial charge in [-0.1, -0.05) is 19.4 Å². The van der Waals surface area contributed by atoms with Crippen molar-refractivity contribution in [2.24, 2.45) is 0 Å². The Bertz CT molecular complexity index is 555. The van der Waals surface area contributed by atoms with Gasteiger partial charge in [0.05, 0.1) is 12.3 Å². The van der Waals surface area contributed by atoms with Crippen LogP contribution in [0.5, 0.6) is 0 Å². The molecule has 1 aromatic rings. The summed E-state index contributed by atoms with van der Waals surface area (Å²) in [7, 11) is -3.83. The van der Waals surface area contributed by atoms with E-state index < -0.39 is 19.1 Å². The summed E-state index contributed by atoms with van der Waals surface area (Å²) < 4.78 is 12.5. The summed E-state index contributed by atoms with van der Waals surface area (Å²) in [6.45, 7) is 3.11. The number of hydrogen-bond donors (Lipinski definition) is 2. The summed E-state index contributed by atoms with van der Waals surface area (Å²) in [4.78, 5) is 32.2. The van der Waals surface area contributed by atoms with Gasteiger partial charge in [-0.05, 0) is 31.4 Å². The van der Waals surface area contributed by atoms with Crippen LogP contribution in [0.1, 0.15) is 38.3 Å². The summed E-state index contributed by atoms with van der Waals surface area (Å²) in [6.07, 6.45) is 4.47. The number of amides is 1. The van der Waals surface area contributed by atoms with Crippen molar-refractivity contribution >= 4 is 13.4 Å². The standard InChI is InChI=1S/C15H24N3O4P/c1-2-3-11-22-18-10-6-8-14(15(18)19)23(20,21)17-12-13-7-4-5-9-16-13/h4-5,7,9,14H,2-3,6,8,10-12H2,1H3,(H2,17,20,21). The van der Waals surface area contributed by atoms with Gasteiger partial charge in [-0.2, -0.15) is 0 Å². The van der Waals surface area contributed by atoms with Gasteiger partial charge in [0.15, 0.2) is 0 Å². The van der Waals surface area contributed by atoms with E-state index >= 15 is 0 Å². The molecule has 0 radical (unpaired) electrons. The molecular weight excluding hydrogens is 317 g/mol. The zero-order valence-electron chi connectivity index (χ0n) is 13.4. The molecule has 128 valence electrons. The van der Waals surface area contributed by atoms with Gasteiger partial charge in [0.2, 0.25) is 0 Å². The van der Waals surface area contributed by atoms with E-state index in [1.807, 2.05) is 6.92 Å². The van der Waals surface area contributed by atoms with E-state index in [9.17, 15) is 14.3 Å². The lowest BCUT2D eigenvalue weighted by Crippen LogP contribution is -2.45. The molecule has 1 saturated heterocycles. The minimum absolute atomic E-state index is 0.148. The van der Waals surface area contributed by atoms with E-state index in [4.69, 9.17) is 4.84 Å². The van der Waals surface area contributed by atoms with Crippen LogP contribution >= 0.6 is 7.52 Å². The highest BCUT2D eigenvalue weighted by atomic mass is 31.2. The smallest absolute Gasteiger partial charge is 0.280 e. The molecule has 0 bridgehead atoms. The molecule has 23 heavy (non-hydrogen) atoms. The Morgan fingerprint density at radius 1 is 1.52 bits per heavy atom. The SMILES string of the molecule is CCCCON1CCCC(P(=O)(O)NCc2ccccn2)C1=O. The maximum Gasteiger partial charge on any atom is 0.280 e. The topological polar surface area (TPSA) is 91.8 Å². The summed E-state index contributed by atoms with van der Waals surface area (Å²) >= 11 is 0. The van der Waals surface area contributed by atoms with E-state index in [0.717, 1.165) is 12.8 Å². The van der Waals surface area contributed by atoms with Gasteiger partial charge in [0.1, 0.15) is 5.66 Å². The number of nitrogens with one attached hydrogen (secondary N) is 1. The number of carbonyl (C=O) groups excluding carboxylic acids is 1. The zero-order chi connectivity index (χ0) is 16.7. The van der Waals surface area contributed by atoms with E-state index in [2.05, 4.69) is 10.1 Å². The minimum Gasteiger partial charge on any atom is -0.333 e. The Morgan fingerprint density at radius 2 is 2.35 bits per heavy atom. The summed E-state index contributed by atoms with van der Waals surface area (Å²) in [6, 6.07) is 5.34. The third kappa shape index (κ3) is 5.11. The van der Waals surface area contributed by atoms with E-state index in [1.165, 1.54) is 5.06 Å². The number of nitrogens with zero attached hydrogens (tertiary/aromatic N) is 2. The van der Waals surface area contributed by atoms with Gasteiger partial charge in [-0.15, -0.1) is 0 Å². The zero-order valence-corrected chi connectivity index (χ0v) is 14.2. The van der Waals surface area contributed by atoms with Crippen molar-refractivity contribution in [3.8, 4) is 0 Å². The number of hydroxylamine groups is 2. The molecule has 0 saturated carbocycles. The molecule has 2 rings (SSSR count). The van der Waals surface area contributed by atoms with Crippen molar-refractivity contribution in [2.45, 2.75) is 44.8 Å². The molecule has 2 N–H and O–H groups in total. The molecule has 1 fully saturated rings. The van der Waals surface area contributed by atoms with Crippen LogP contribution in [-0.4, -0.2) is 39.7 Å². The van der Waals surface area contributed by atoms with Crippen LogP contribution in [0.25, 0.3) is 0 Å². The summed E-state index contributed by atoms with van der Waals surface area (Å²) in [5, 5.41) is 3.85. The summed E-state index contributed by atoms with van der Waals surface area (Å²) in [5.74, 6) is -0.410. The Kier molecular flexibility index (Phi) is 6.72. The monoisotopic (exact) mass is 341 g/mol. The third-order valence-corrected chi connectivity index (χ3v) is 5.69. The lowest BCUT2D eigenvalue weighted by Gasteiger charge is -2.33. The highest BCUT2D eigenvalue weighted by Crippen LogP contribution is 2.46. The fourth-order valence-electron chi connectivity index (χ4n) is 2.41. The van der Waals surface area contributed by atoms with Crippen LogP contribution < -0.4 is 5.09 Å². The Hall–Kier alpha value is -1.27. The van der Waals surface area contributed by atoms with Crippen LogP contribution in [0.4, 0.5) is 0 Å². The first-order chi connectivity index (χ1) is 11.0. The molecule has 0 spiro atoms. The average Bonchev–Trinajstić information content (AvgIpc) is 2.56. The predicted molar refractivity (Wildman–Crippen MR) is 86.5 cm³/mol. The summed E-state index contributed by atoms with van der Waals surface area (Å²) in [5.41, 5.74) is -0.303. The molecule has 7 nitrogen and oxygen atoms in total. The van der Waals surface area contributed by atoms with E-state index in [-0.39, 0.29) is 6.54 Å². The molecule has 1 amide bonds. The molecule has 2 unspecified atom stereocenters. The number of unbranched alkanes of at least 4 members (excludes halogenated alkanes) is 1. The second-order valence-electron chi connectivity index (χ2n) is 5.56. The van der Waals surface area contributed by atoms with Gasteiger partial charge < -0.3 is 4.89 Å². The van der Waals surface area contributed by atoms with Crippen molar-refractivity contribution in [3.05, 3.63) is 30.1 Å². The second-order valence-corrected chi connectivity index (χ2v) is 7.75. The fraction of sp³-hybridized carbons (Fsp3) is 0.600. The molecule has 8 heteroatoms. The number of rotatable bonds is 8. The highest BCUT2D eigenvalue weighted by Gasteiger charge is 2.42. The van der Waals surface area contributed by atoms with Crippen LogP contribution in [-0.2, 0) is 20.7 Å². The van der Waals surface area contributed by atoms with Crippen molar-refractivity contribution in [2.75, 3.05) is 13.2 Å². The van der Waals surface area contributed by atoms with Gasteiger partial charge in [0.25, 0.3) is 13.4 Å². The normalized spacial score (nSPS) is 21.2. The van der Waals surface area contributed by atoms with Gasteiger partial charge in [-0.25, -0.2) is 10.2 Å². The molecule has 1 aromatic heterocycles. The molecule has 2 heterocycles. The van der Waals surface area contributed by atoms with Gasteiger partial charge in [0, 0.05) is 19.3 Å². The fourth-order valence-corrected chi connectivity index (χ4v) is 3.98. The molecule has 0 aliphatic carbocycles. The number of hydrogen-bond acceptors (Lipinski definition) is 4. The predicted octanol–water partition coefficient (Wildman–Crippen LogP) is 2.08. The van der Waals surface area contributed by atoms with Crippen molar-refractivity contribution in [1.82, 2.24) is 15.1 Å². The highest BCUT2D eigenvalue weighted by molar-refractivity contribution is 7.57. The quantitative estimate of drug-likeness (QED) is 0.556. The van der Waals surface area contributed by atoms with Gasteiger partial charge >= 0.3 is 0 Å². The number of carbonyl (C=O) groups is 1. The maximum atomic E-state index is 12.5. The Morgan fingerprint density at radius 3 is 3.04 bits per heavy atom. The van der Waals surface area contributed by atoms with Crippen LogP contribution in [0, 0.1) is 0 Å². The van der Waals surface area contributed by atoms with E-state index in [1.54, 1.807) is 24.4 Å². The number of aromatic nitrogens is 1. The Balaban J connectivity index is 1.94. The lowest BCUT2D eigenvalue weighted by atomic mass is 10.1. The van der Waals surface area contributed by atoms with Crippen molar-refractivity contribution < 1.29 is 19.1 Å². The molecule has 1 aliphatic heterocycles. The first-order valence-electron chi connectivity index (χ1n) is 7.96. The first-order valence-corrected chi connectivity index (χ1v) is 9.69. The Labute approximate surface area is 136 Å². The van der Waals surface area contributed by atoms with Crippen LogP contribution in [0.15, 0.2) is 24.4 Å². The van der Waals surface area contributed by atoms with Crippen molar-refractivity contribution in [3.63, 3.8) is 0 Å². The van der Waals surface area contributed by atoms with Crippen molar-refractivity contribution in [1.29, 1.82) is 0 Å². The molecule has 0 aromatic carbocycles. The lowest BCUT2D eigenvalue weighted by molar-refractivity contribution is -0.191. The first kappa shape index (κ1) is 18.1. The number of piperidine rings is 1. The largest absolute Gasteiger partial charge is 0.333 e. The van der Waals surface area contributed by atoms with E-state index in [0.29, 0.717) is 31.7 Å². The third-order valence-electron chi connectivity index (χ3n) is 3.75. The van der Waals surface area contributed by atoms with Crippen LogP contribution in [0.2, 0.25) is 0 Å².